The van der Waals surface area contributed by atoms with E-state index in [9.17, 15) is 18.3 Å². The summed E-state index contributed by atoms with van der Waals surface area (Å²) in [5.41, 5.74) is 2.75. The third-order valence-electron chi connectivity index (χ3n) is 5.00. The van der Waals surface area contributed by atoms with Crippen LogP contribution in [0.3, 0.4) is 0 Å². The van der Waals surface area contributed by atoms with Gasteiger partial charge in [-0.15, -0.1) is 0 Å². The average Bonchev–Trinajstić information content (AvgIpc) is 2.70. The van der Waals surface area contributed by atoms with Crippen LogP contribution in [0.1, 0.15) is 43.9 Å². The Bertz CT molecular complexity index is 1080. The minimum Gasteiger partial charge on any atom is -0.458 e. The summed E-state index contributed by atoms with van der Waals surface area (Å²) in [6.07, 6.45) is 3.62. The highest BCUT2D eigenvalue weighted by Crippen LogP contribution is 2.32. The topological polar surface area (TPSA) is 110 Å². The lowest BCUT2D eigenvalue weighted by atomic mass is 9.97. The number of nitrogens with zero attached hydrogens (tertiary/aromatic N) is 3. The zero-order valence-corrected chi connectivity index (χ0v) is 18.8. The number of sulfonamides is 1. The van der Waals surface area contributed by atoms with E-state index in [1.54, 1.807) is 12.2 Å². The Balaban J connectivity index is 2.16. The van der Waals surface area contributed by atoms with Crippen LogP contribution < -0.4 is 4.31 Å². The van der Waals surface area contributed by atoms with Gasteiger partial charge in [-0.1, -0.05) is 50.3 Å². The largest absolute Gasteiger partial charge is 0.458 e. The lowest BCUT2D eigenvalue weighted by Gasteiger charge is -2.24. The van der Waals surface area contributed by atoms with Gasteiger partial charge in [-0.3, -0.25) is 4.79 Å². The molecule has 9 heteroatoms. The van der Waals surface area contributed by atoms with Gasteiger partial charge in [0.1, 0.15) is 6.10 Å². The number of aromatic nitrogens is 2. The van der Waals surface area contributed by atoms with Crippen molar-refractivity contribution in [3.05, 3.63) is 47.7 Å². The van der Waals surface area contributed by atoms with Crippen molar-refractivity contribution in [2.45, 2.75) is 44.8 Å². The van der Waals surface area contributed by atoms with Gasteiger partial charge >= 0.3 is 5.97 Å². The molecule has 1 aliphatic heterocycles. The van der Waals surface area contributed by atoms with Crippen molar-refractivity contribution < 1.29 is 23.1 Å². The van der Waals surface area contributed by atoms with Gasteiger partial charge in [-0.2, -0.15) is 0 Å². The predicted octanol–water partition coefficient (Wildman–Crippen LogP) is 2.74. The first-order valence-electron chi connectivity index (χ1n) is 10.0. The van der Waals surface area contributed by atoms with Crippen LogP contribution in [0.2, 0.25) is 0 Å². The van der Waals surface area contributed by atoms with Gasteiger partial charge in [0.25, 0.3) is 0 Å². The molecular formula is C22H27N3O5S. The molecule has 1 fully saturated rings. The van der Waals surface area contributed by atoms with E-state index in [4.69, 9.17) is 4.74 Å². The van der Waals surface area contributed by atoms with E-state index in [2.05, 4.69) is 9.97 Å². The van der Waals surface area contributed by atoms with Gasteiger partial charge < -0.3 is 9.84 Å². The fourth-order valence-corrected chi connectivity index (χ4v) is 3.69. The lowest BCUT2D eigenvalue weighted by Crippen LogP contribution is -2.31. The van der Waals surface area contributed by atoms with Crippen molar-refractivity contribution in [1.29, 1.82) is 0 Å². The quantitative estimate of drug-likeness (QED) is 0.681. The van der Waals surface area contributed by atoms with Gasteiger partial charge in [0.15, 0.2) is 0 Å². The first-order chi connectivity index (χ1) is 14.6. The van der Waals surface area contributed by atoms with Crippen molar-refractivity contribution in [2.75, 3.05) is 17.6 Å². The van der Waals surface area contributed by atoms with E-state index in [0.29, 0.717) is 23.4 Å². The molecule has 8 nitrogen and oxygen atoms in total. The van der Waals surface area contributed by atoms with Crippen molar-refractivity contribution in [2.24, 2.45) is 0 Å². The molecule has 0 unspecified atom stereocenters. The van der Waals surface area contributed by atoms with Crippen LogP contribution >= 0.6 is 0 Å². The van der Waals surface area contributed by atoms with Crippen LogP contribution in [-0.4, -0.2) is 55.0 Å². The van der Waals surface area contributed by atoms with Crippen LogP contribution in [0.15, 0.2) is 36.4 Å². The number of hydrogen-bond donors (Lipinski definition) is 1. The van der Waals surface area contributed by atoms with Gasteiger partial charge in [-0.25, -0.2) is 22.7 Å². The van der Waals surface area contributed by atoms with E-state index in [0.717, 1.165) is 16.1 Å². The summed E-state index contributed by atoms with van der Waals surface area (Å²) in [4.78, 5) is 20.8. The van der Waals surface area contributed by atoms with E-state index < -0.39 is 28.2 Å². The van der Waals surface area contributed by atoms with Crippen LogP contribution in [0.25, 0.3) is 17.3 Å². The molecule has 0 bridgehead atoms. The third-order valence-corrected chi connectivity index (χ3v) is 6.16. The molecule has 3 rings (SSSR count). The standard InChI is InChI=1S/C22H27N3O5S/c1-14(2)20-18(11-10-17-12-16(26)13-19(27)30-17)21(15-8-6-5-7-9-15)24-22(23-20)25(3)31(4,28)29/h5-11,14,16-17,26H,12-13H2,1-4H3/b11-10+/t16-,17-/m0/s1. The molecule has 2 aromatic rings. The number of cyclic esters (lactones) is 1. The molecule has 31 heavy (non-hydrogen) atoms. The summed E-state index contributed by atoms with van der Waals surface area (Å²) in [6.45, 7) is 3.92. The molecule has 0 amide bonds. The number of carbonyl (C=O) groups is 1. The number of benzene rings is 1. The second-order valence-corrected chi connectivity index (χ2v) is 9.92. The summed E-state index contributed by atoms with van der Waals surface area (Å²) >= 11 is 0. The molecule has 1 aromatic heterocycles. The zero-order chi connectivity index (χ0) is 22.8. The first kappa shape index (κ1) is 22.9. The molecule has 1 aromatic carbocycles. The maximum atomic E-state index is 12.1. The monoisotopic (exact) mass is 445 g/mol. The van der Waals surface area contributed by atoms with Crippen molar-refractivity contribution in [3.8, 4) is 11.3 Å². The fourth-order valence-electron chi connectivity index (χ4n) is 3.31. The van der Waals surface area contributed by atoms with Crippen molar-refractivity contribution in [3.63, 3.8) is 0 Å². The Morgan fingerprint density at radius 3 is 2.48 bits per heavy atom. The molecule has 0 radical (unpaired) electrons. The highest BCUT2D eigenvalue weighted by atomic mass is 32.2. The number of anilines is 1. The molecular weight excluding hydrogens is 418 g/mol. The second-order valence-electron chi connectivity index (χ2n) is 7.90. The number of ether oxygens (including phenoxy) is 1. The number of esters is 1. The molecule has 1 aliphatic rings. The molecule has 166 valence electrons. The summed E-state index contributed by atoms with van der Waals surface area (Å²) < 4.78 is 30.6. The Morgan fingerprint density at radius 1 is 1.23 bits per heavy atom. The number of aliphatic hydroxyl groups is 1. The van der Waals surface area contributed by atoms with Crippen LogP contribution in [0.4, 0.5) is 5.95 Å². The summed E-state index contributed by atoms with van der Waals surface area (Å²) in [5, 5.41) is 9.87. The molecule has 2 heterocycles. The Hall–Kier alpha value is -2.78. The average molecular weight is 446 g/mol. The smallest absolute Gasteiger partial charge is 0.309 e. The lowest BCUT2D eigenvalue weighted by molar-refractivity contribution is -0.156. The SMILES string of the molecule is CC(C)c1nc(N(C)S(C)(=O)=O)nc(-c2ccccc2)c1/C=C/[C@H]1C[C@H](O)CC(=O)O1. The molecule has 0 saturated carbocycles. The van der Waals surface area contributed by atoms with E-state index in [1.807, 2.05) is 44.2 Å². The minimum absolute atomic E-state index is 0.00746. The first-order valence-corrected chi connectivity index (χ1v) is 11.9. The van der Waals surface area contributed by atoms with Crippen LogP contribution in [0.5, 0.6) is 0 Å². The Morgan fingerprint density at radius 2 is 1.90 bits per heavy atom. The van der Waals surface area contributed by atoms with Crippen LogP contribution in [0, 0.1) is 0 Å². The van der Waals surface area contributed by atoms with Gasteiger partial charge in [-0.05, 0) is 12.0 Å². The summed E-state index contributed by atoms with van der Waals surface area (Å²) in [5.74, 6) is -0.389. The Kier molecular flexibility index (Phi) is 6.76. The highest BCUT2D eigenvalue weighted by Gasteiger charge is 2.26. The Labute approximate surface area is 182 Å². The molecule has 1 N–H and O–H groups in total. The third kappa shape index (κ3) is 5.48. The van der Waals surface area contributed by atoms with Crippen LogP contribution in [-0.2, 0) is 19.6 Å². The van der Waals surface area contributed by atoms with E-state index in [1.165, 1.54) is 7.05 Å². The predicted molar refractivity (Wildman–Crippen MR) is 119 cm³/mol. The second kappa shape index (κ2) is 9.15. The minimum atomic E-state index is -3.55. The molecule has 1 saturated heterocycles. The number of carbonyl (C=O) groups excluding carboxylic acids is 1. The molecule has 0 aliphatic carbocycles. The highest BCUT2D eigenvalue weighted by molar-refractivity contribution is 7.92. The maximum Gasteiger partial charge on any atom is 0.309 e. The van der Waals surface area contributed by atoms with E-state index >= 15 is 0 Å². The molecule has 2 atom stereocenters. The number of rotatable bonds is 6. The normalized spacial score (nSPS) is 19.6. The van der Waals surface area contributed by atoms with Gasteiger partial charge in [0, 0.05) is 24.6 Å². The number of hydrogen-bond acceptors (Lipinski definition) is 7. The maximum absolute atomic E-state index is 12.1. The van der Waals surface area contributed by atoms with Gasteiger partial charge in [0.2, 0.25) is 16.0 Å². The van der Waals surface area contributed by atoms with Crippen molar-refractivity contribution in [1.82, 2.24) is 9.97 Å². The van der Waals surface area contributed by atoms with E-state index in [-0.39, 0.29) is 18.3 Å². The van der Waals surface area contributed by atoms with Gasteiger partial charge in [0.05, 0.1) is 30.2 Å². The molecule has 0 spiro atoms. The fraction of sp³-hybridized carbons (Fsp3) is 0.409. The zero-order valence-electron chi connectivity index (χ0n) is 18.0. The number of aliphatic hydroxyl groups excluding tert-OH is 1. The van der Waals surface area contributed by atoms with Crippen molar-refractivity contribution >= 4 is 28.0 Å². The summed E-state index contributed by atoms with van der Waals surface area (Å²) in [7, 11) is -2.13. The summed E-state index contributed by atoms with van der Waals surface area (Å²) in [6, 6.07) is 9.41.